The molecular weight excluding hydrogens is 350 g/mol. The second-order valence-corrected chi connectivity index (χ2v) is 7.95. The van der Waals surface area contributed by atoms with Crippen molar-refractivity contribution in [3.8, 4) is 0 Å². The number of thiophene rings is 1. The molecule has 136 valence electrons. The number of rotatable bonds is 3. The lowest BCUT2D eigenvalue weighted by Gasteiger charge is -2.04. The van der Waals surface area contributed by atoms with Gasteiger partial charge in [-0.15, -0.1) is 11.3 Å². The Morgan fingerprint density at radius 1 is 1.35 bits per heavy atom. The summed E-state index contributed by atoms with van der Waals surface area (Å²) in [6.07, 6.45) is 7.27. The predicted molar refractivity (Wildman–Crippen MR) is 100 cm³/mol. The highest BCUT2D eigenvalue weighted by Crippen LogP contribution is 2.35. The number of aromatic nitrogens is 3. The summed E-state index contributed by atoms with van der Waals surface area (Å²) in [6, 6.07) is 2.27. The normalized spacial score (nSPS) is 14.4. The van der Waals surface area contributed by atoms with Crippen molar-refractivity contribution in [2.45, 2.75) is 52.0 Å². The van der Waals surface area contributed by atoms with E-state index in [0.717, 1.165) is 28.8 Å². The van der Waals surface area contributed by atoms with Crippen LogP contribution in [-0.4, -0.2) is 16.2 Å². The Bertz CT molecular complexity index is 976. The van der Waals surface area contributed by atoms with Crippen molar-refractivity contribution in [2.24, 2.45) is 0 Å². The SMILES string of the molecule is CC(C)[n+]1cc(NC(=O)c2sc3nc4c(cc3c2N)CCCCC4)on1. The largest absolute Gasteiger partial charge is 0.397 e. The quantitative estimate of drug-likeness (QED) is 0.543. The van der Waals surface area contributed by atoms with Gasteiger partial charge in [-0.25, -0.2) is 4.98 Å². The van der Waals surface area contributed by atoms with E-state index in [1.165, 1.54) is 36.2 Å². The van der Waals surface area contributed by atoms with Gasteiger partial charge in [-0.05, 0) is 55.8 Å². The lowest BCUT2D eigenvalue weighted by atomic mass is 10.1. The first-order chi connectivity index (χ1) is 12.5. The molecule has 3 aromatic heterocycles. The zero-order valence-corrected chi connectivity index (χ0v) is 15.7. The highest BCUT2D eigenvalue weighted by Gasteiger charge is 2.23. The molecule has 0 saturated heterocycles. The number of hydrogen-bond donors (Lipinski definition) is 2. The van der Waals surface area contributed by atoms with Gasteiger partial charge in [-0.3, -0.25) is 14.6 Å². The van der Waals surface area contributed by atoms with Gasteiger partial charge in [0, 0.05) is 11.1 Å². The third kappa shape index (κ3) is 3.05. The van der Waals surface area contributed by atoms with Crippen molar-refractivity contribution in [1.82, 2.24) is 10.3 Å². The van der Waals surface area contributed by atoms with Crippen LogP contribution in [0.15, 0.2) is 16.8 Å². The van der Waals surface area contributed by atoms with E-state index in [1.54, 1.807) is 10.9 Å². The molecule has 0 saturated carbocycles. The summed E-state index contributed by atoms with van der Waals surface area (Å²) in [5, 5.41) is 7.47. The summed E-state index contributed by atoms with van der Waals surface area (Å²) in [5.74, 6) is -0.00273. The summed E-state index contributed by atoms with van der Waals surface area (Å²) in [4.78, 5) is 18.7. The van der Waals surface area contributed by atoms with E-state index in [-0.39, 0.29) is 11.9 Å². The molecule has 0 unspecified atom stereocenters. The maximum absolute atomic E-state index is 12.7. The Hall–Kier alpha value is -2.48. The number of pyridine rings is 1. The number of aryl methyl sites for hydroxylation is 2. The molecule has 3 aromatic rings. The van der Waals surface area contributed by atoms with Gasteiger partial charge >= 0.3 is 5.88 Å². The molecule has 0 spiro atoms. The summed E-state index contributed by atoms with van der Waals surface area (Å²) in [7, 11) is 0. The molecule has 3 N–H and O–H groups in total. The number of fused-ring (bicyclic) bond motifs is 2. The average Bonchev–Trinajstić information content (AvgIpc) is 3.11. The van der Waals surface area contributed by atoms with Gasteiger partial charge in [0.25, 0.3) is 12.1 Å². The minimum Gasteiger partial charge on any atom is -0.397 e. The molecule has 0 atom stereocenters. The number of anilines is 2. The fourth-order valence-corrected chi connectivity index (χ4v) is 4.22. The highest BCUT2D eigenvalue weighted by molar-refractivity contribution is 7.21. The van der Waals surface area contributed by atoms with Crippen molar-refractivity contribution in [1.29, 1.82) is 0 Å². The first kappa shape index (κ1) is 17.0. The van der Waals surface area contributed by atoms with Crippen LogP contribution in [0, 0.1) is 0 Å². The van der Waals surface area contributed by atoms with E-state index >= 15 is 0 Å². The lowest BCUT2D eigenvalue weighted by molar-refractivity contribution is -0.779. The highest BCUT2D eigenvalue weighted by atomic mass is 32.1. The number of nitrogens with two attached hydrogens (primary N) is 1. The van der Waals surface area contributed by atoms with E-state index in [2.05, 4.69) is 16.7 Å². The summed E-state index contributed by atoms with van der Waals surface area (Å²) < 4.78 is 6.80. The number of amides is 1. The zero-order valence-electron chi connectivity index (χ0n) is 14.9. The lowest BCUT2D eigenvalue weighted by Crippen LogP contribution is -2.36. The van der Waals surface area contributed by atoms with Gasteiger partial charge in [0.1, 0.15) is 9.71 Å². The molecule has 3 heterocycles. The van der Waals surface area contributed by atoms with Crippen molar-refractivity contribution in [3.63, 3.8) is 0 Å². The van der Waals surface area contributed by atoms with Gasteiger partial charge in [0.15, 0.2) is 6.04 Å². The zero-order chi connectivity index (χ0) is 18.3. The number of carbonyl (C=O) groups is 1. The van der Waals surface area contributed by atoms with Crippen molar-refractivity contribution in [3.05, 3.63) is 28.4 Å². The summed E-state index contributed by atoms with van der Waals surface area (Å²) >= 11 is 1.33. The van der Waals surface area contributed by atoms with Crippen LogP contribution in [0.2, 0.25) is 0 Å². The van der Waals surface area contributed by atoms with Crippen LogP contribution in [0.25, 0.3) is 10.2 Å². The van der Waals surface area contributed by atoms with Crippen LogP contribution in [0.5, 0.6) is 0 Å². The standard InChI is InChI=1S/C18H21N5O2S/c1-10(2)23-9-14(25-22-23)21-17(24)16-15(19)12-8-11-6-4-3-5-7-13(11)20-18(12)26-16/h8-10H,3-7H2,1-2H3,(H2-,19,21,22,24)/p+1. The third-order valence-corrected chi connectivity index (χ3v) is 5.82. The molecule has 0 fully saturated rings. The van der Waals surface area contributed by atoms with Gasteiger partial charge < -0.3 is 5.73 Å². The van der Waals surface area contributed by atoms with Crippen LogP contribution < -0.4 is 15.7 Å². The average molecular weight is 372 g/mol. The number of nitrogens with zero attached hydrogens (tertiary/aromatic N) is 3. The van der Waals surface area contributed by atoms with Gasteiger partial charge in [-0.2, -0.15) is 0 Å². The maximum atomic E-state index is 12.7. The molecule has 0 aliphatic heterocycles. The van der Waals surface area contributed by atoms with E-state index in [0.29, 0.717) is 16.4 Å². The fourth-order valence-electron chi connectivity index (χ4n) is 3.23. The van der Waals surface area contributed by atoms with Crippen molar-refractivity contribution < 1.29 is 14.0 Å². The smallest absolute Gasteiger partial charge is 0.302 e. The molecule has 4 rings (SSSR count). The Labute approximate surface area is 155 Å². The van der Waals surface area contributed by atoms with E-state index < -0.39 is 0 Å². The molecule has 0 aromatic carbocycles. The topological polar surface area (TPSA) is 97.9 Å². The van der Waals surface area contributed by atoms with Crippen LogP contribution in [0.3, 0.4) is 0 Å². The van der Waals surface area contributed by atoms with Gasteiger partial charge in [-0.1, -0.05) is 6.42 Å². The predicted octanol–water partition coefficient (Wildman–Crippen LogP) is 3.26. The Balaban J connectivity index is 1.65. The molecular formula is C18H22N5O2S+. The van der Waals surface area contributed by atoms with E-state index in [1.807, 2.05) is 13.8 Å². The van der Waals surface area contributed by atoms with Crippen LogP contribution in [0.4, 0.5) is 11.6 Å². The Morgan fingerprint density at radius 2 is 2.15 bits per heavy atom. The van der Waals surface area contributed by atoms with Crippen molar-refractivity contribution >= 4 is 39.0 Å². The third-order valence-electron chi connectivity index (χ3n) is 4.70. The first-order valence-electron chi connectivity index (χ1n) is 8.93. The van der Waals surface area contributed by atoms with Crippen molar-refractivity contribution in [2.75, 3.05) is 11.1 Å². The number of nitrogens with one attached hydrogen (secondary N) is 1. The molecule has 0 bridgehead atoms. The fraction of sp³-hybridized carbons (Fsp3) is 0.444. The molecule has 0 radical (unpaired) electrons. The first-order valence-corrected chi connectivity index (χ1v) is 9.75. The number of nitrogen functional groups attached to an aromatic ring is 1. The molecule has 1 amide bonds. The molecule has 1 aliphatic carbocycles. The Morgan fingerprint density at radius 3 is 2.92 bits per heavy atom. The molecule has 26 heavy (non-hydrogen) atoms. The molecule has 8 heteroatoms. The van der Waals surface area contributed by atoms with Gasteiger partial charge in [0.05, 0.1) is 5.69 Å². The second-order valence-electron chi connectivity index (χ2n) is 6.95. The van der Waals surface area contributed by atoms with E-state index in [4.69, 9.17) is 15.2 Å². The number of hydrogen-bond acceptors (Lipinski definition) is 6. The summed E-state index contributed by atoms with van der Waals surface area (Å²) in [6.45, 7) is 3.96. The van der Waals surface area contributed by atoms with Gasteiger partial charge in [0.2, 0.25) is 5.27 Å². The number of carbonyl (C=O) groups excluding carboxylic acids is 1. The molecule has 7 nitrogen and oxygen atoms in total. The molecule has 1 aliphatic rings. The second kappa shape index (κ2) is 6.68. The maximum Gasteiger partial charge on any atom is 0.302 e. The minimum absolute atomic E-state index is 0.151. The monoisotopic (exact) mass is 372 g/mol. The Kier molecular flexibility index (Phi) is 4.36. The van der Waals surface area contributed by atoms with E-state index in [9.17, 15) is 4.79 Å². The van der Waals surface area contributed by atoms with Crippen LogP contribution >= 0.6 is 11.3 Å². The summed E-state index contributed by atoms with van der Waals surface area (Å²) in [5.41, 5.74) is 9.17. The van der Waals surface area contributed by atoms with Crippen LogP contribution in [-0.2, 0) is 12.8 Å². The minimum atomic E-state index is -0.298. The van der Waals surface area contributed by atoms with Crippen LogP contribution in [0.1, 0.15) is 60.1 Å².